The molecular weight excluding hydrogens is 416 g/mol. The van der Waals surface area contributed by atoms with Crippen LogP contribution >= 0.6 is 23.7 Å². The highest BCUT2D eigenvalue weighted by Crippen LogP contribution is 2.36. The van der Waals surface area contributed by atoms with Crippen molar-refractivity contribution in [1.29, 1.82) is 0 Å². The number of anilines is 1. The summed E-state index contributed by atoms with van der Waals surface area (Å²) in [5, 5.41) is 3.04. The van der Waals surface area contributed by atoms with Gasteiger partial charge in [0.25, 0.3) is 17.7 Å². The number of rotatable bonds is 4. The molecule has 0 atom stereocenters. The fraction of sp³-hybridized carbons (Fsp3) is 0.263. The van der Waals surface area contributed by atoms with E-state index in [1.807, 2.05) is 7.05 Å². The van der Waals surface area contributed by atoms with Gasteiger partial charge in [0.1, 0.15) is 11.5 Å². The van der Waals surface area contributed by atoms with Gasteiger partial charge in [0.2, 0.25) is 5.91 Å². The highest BCUT2D eigenvalue weighted by Gasteiger charge is 2.36. The molecule has 0 saturated carbocycles. The first-order chi connectivity index (χ1) is 13.4. The van der Waals surface area contributed by atoms with Gasteiger partial charge in [-0.25, -0.2) is 0 Å². The van der Waals surface area contributed by atoms with E-state index in [2.05, 4.69) is 10.2 Å². The van der Waals surface area contributed by atoms with Crippen molar-refractivity contribution in [3.63, 3.8) is 0 Å². The molecule has 0 radical (unpaired) electrons. The van der Waals surface area contributed by atoms with E-state index in [0.717, 1.165) is 21.9 Å². The maximum Gasteiger partial charge on any atom is 0.262 e. The summed E-state index contributed by atoms with van der Waals surface area (Å²) in [5.74, 6) is -2.15. The van der Waals surface area contributed by atoms with Crippen LogP contribution in [0.25, 0.3) is 0 Å². The molecular formula is C19H19ClN4O4S. The van der Waals surface area contributed by atoms with E-state index >= 15 is 0 Å². The third-order valence-corrected chi connectivity index (χ3v) is 6.06. The summed E-state index contributed by atoms with van der Waals surface area (Å²) in [7, 11) is 1.98. The van der Waals surface area contributed by atoms with Gasteiger partial charge in [-0.1, -0.05) is 12.1 Å². The molecule has 3 heterocycles. The third-order valence-electron chi connectivity index (χ3n) is 4.93. The quantitative estimate of drug-likeness (QED) is 0.708. The van der Waals surface area contributed by atoms with E-state index in [0.29, 0.717) is 23.5 Å². The summed E-state index contributed by atoms with van der Waals surface area (Å²) >= 11 is 1.31. The van der Waals surface area contributed by atoms with Crippen LogP contribution in [0.3, 0.4) is 0 Å². The number of nitrogens with two attached hydrogens (primary N) is 1. The molecule has 1 aromatic carbocycles. The number of thiophene rings is 1. The minimum absolute atomic E-state index is 0. The number of hydrogen-bond acceptors (Lipinski definition) is 6. The number of imide groups is 1. The molecule has 0 unspecified atom stereocenters. The lowest BCUT2D eigenvalue weighted by Crippen LogP contribution is -2.37. The van der Waals surface area contributed by atoms with Crippen molar-refractivity contribution in [3.05, 3.63) is 51.4 Å². The minimum Gasteiger partial charge on any atom is -0.365 e. The van der Waals surface area contributed by atoms with Gasteiger partial charge >= 0.3 is 0 Å². The number of primary amides is 1. The summed E-state index contributed by atoms with van der Waals surface area (Å²) in [4.78, 5) is 53.3. The first kappa shape index (κ1) is 21.0. The lowest BCUT2D eigenvalue weighted by molar-refractivity contribution is -0.116. The van der Waals surface area contributed by atoms with Gasteiger partial charge in [-0.2, -0.15) is 0 Å². The average Bonchev–Trinajstić information content (AvgIpc) is 3.12. The van der Waals surface area contributed by atoms with E-state index in [-0.39, 0.29) is 23.5 Å². The minimum atomic E-state index is -0.599. The van der Waals surface area contributed by atoms with Gasteiger partial charge in [-0.3, -0.25) is 24.1 Å². The van der Waals surface area contributed by atoms with Crippen molar-refractivity contribution in [1.82, 2.24) is 9.80 Å². The van der Waals surface area contributed by atoms with E-state index in [1.54, 1.807) is 24.3 Å². The van der Waals surface area contributed by atoms with Gasteiger partial charge in [-0.15, -0.1) is 23.7 Å². The summed E-state index contributed by atoms with van der Waals surface area (Å²) in [6.45, 7) is 1.05. The van der Waals surface area contributed by atoms with Crippen LogP contribution in [0, 0.1) is 0 Å². The summed E-state index contributed by atoms with van der Waals surface area (Å²) in [6.07, 6.45) is 0.675. The number of amides is 4. The van der Waals surface area contributed by atoms with Gasteiger partial charge in [-0.05, 0) is 31.2 Å². The molecule has 0 spiro atoms. The van der Waals surface area contributed by atoms with E-state index in [9.17, 15) is 19.2 Å². The van der Waals surface area contributed by atoms with Gasteiger partial charge in [0.15, 0.2) is 0 Å². The van der Waals surface area contributed by atoms with Crippen LogP contribution in [0.2, 0.25) is 0 Å². The number of carbonyl (C=O) groups is 4. The second-order valence-electron chi connectivity index (χ2n) is 6.85. The maximum atomic E-state index is 12.5. The van der Waals surface area contributed by atoms with Crippen LogP contribution in [0.1, 0.15) is 41.5 Å². The van der Waals surface area contributed by atoms with Crippen molar-refractivity contribution < 1.29 is 19.2 Å². The SMILES string of the molecule is CN1CCc2c(sc(NC(=O)CN3C(=O)c4ccccc4C3=O)c2C(N)=O)C1.Cl. The monoisotopic (exact) mass is 434 g/mol. The summed E-state index contributed by atoms with van der Waals surface area (Å²) in [6, 6.07) is 6.45. The Morgan fingerprint density at radius 1 is 1.17 bits per heavy atom. The fourth-order valence-corrected chi connectivity index (χ4v) is 4.92. The van der Waals surface area contributed by atoms with Crippen LogP contribution in [-0.4, -0.2) is 53.6 Å². The predicted molar refractivity (Wildman–Crippen MR) is 111 cm³/mol. The molecule has 10 heteroatoms. The Morgan fingerprint density at radius 3 is 2.38 bits per heavy atom. The molecule has 4 amide bonds. The Balaban J connectivity index is 0.00000240. The van der Waals surface area contributed by atoms with Crippen molar-refractivity contribution in [3.8, 4) is 0 Å². The second-order valence-corrected chi connectivity index (χ2v) is 7.96. The van der Waals surface area contributed by atoms with Gasteiger partial charge < -0.3 is 16.0 Å². The molecule has 8 nitrogen and oxygen atoms in total. The average molecular weight is 435 g/mol. The second kappa shape index (κ2) is 7.94. The van der Waals surface area contributed by atoms with E-state index in [1.165, 1.54) is 11.3 Å². The molecule has 2 aliphatic heterocycles. The molecule has 2 aliphatic rings. The number of benzene rings is 1. The Labute approximate surface area is 177 Å². The molecule has 152 valence electrons. The van der Waals surface area contributed by atoms with Crippen LogP contribution in [-0.2, 0) is 17.8 Å². The molecule has 0 saturated heterocycles. The maximum absolute atomic E-state index is 12.5. The van der Waals surface area contributed by atoms with Crippen molar-refractivity contribution in [2.45, 2.75) is 13.0 Å². The number of carbonyl (C=O) groups excluding carboxylic acids is 4. The number of nitrogens with one attached hydrogen (secondary N) is 1. The van der Waals surface area contributed by atoms with Gasteiger partial charge in [0.05, 0.1) is 16.7 Å². The van der Waals surface area contributed by atoms with E-state index < -0.39 is 30.2 Å². The normalized spacial score (nSPS) is 15.6. The Kier molecular flexibility index (Phi) is 5.74. The summed E-state index contributed by atoms with van der Waals surface area (Å²) in [5.41, 5.74) is 7.30. The fourth-order valence-electron chi connectivity index (χ4n) is 3.57. The molecule has 29 heavy (non-hydrogen) atoms. The first-order valence-electron chi connectivity index (χ1n) is 8.74. The molecule has 0 bridgehead atoms. The lowest BCUT2D eigenvalue weighted by Gasteiger charge is -2.22. The summed E-state index contributed by atoms with van der Waals surface area (Å²) < 4.78 is 0. The molecule has 4 rings (SSSR count). The molecule has 0 fully saturated rings. The number of nitrogens with zero attached hydrogens (tertiary/aromatic N) is 2. The van der Waals surface area contributed by atoms with Crippen LogP contribution in [0.5, 0.6) is 0 Å². The molecule has 1 aromatic heterocycles. The zero-order chi connectivity index (χ0) is 20.0. The van der Waals surface area contributed by atoms with Gasteiger partial charge in [0, 0.05) is 18.0 Å². The third kappa shape index (κ3) is 3.64. The Hall–Kier alpha value is -2.75. The van der Waals surface area contributed by atoms with Crippen LogP contribution < -0.4 is 11.1 Å². The predicted octanol–water partition coefficient (Wildman–Crippen LogP) is 1.49. The van der Waals surface area contributed by atoms with Crippen LogP contribution in [0.4, 0.5) is 5.00 Å². The number of likely N-dealkylation sites (N-methyl/N-ethyl adjacent to an activating group) is 1. The van der Waals surface area contributed by atoms with Crippen LogP contribution in [0.15, 0.2) is 24.3 Å². The standard InChI is InChI=1S/C19H18N4O4S.ClH/c1-22-7-6-12-13(8-22)28-17(15(12)16(20)25)21-14(24)9-23-18(26)10-4-2-3-5-11(10)19(23)27;/h2-5H,6-9H2,1H3,(H2,20,25)(H,21,24);1H. The zero-order valence-electron chi connectivity index (χ0n) is 15.6. The number of hydrogen-bond donors (Lipinski definition) is 2. The number of halogens is 1. The Morgan fingerprint density at radius 2 is 1.79 bits per heavy atom. The molecule has 0 aliphatic carbocycles. The smallest absolute Gasteiger partial charge is 0.262 e. The number of fused-ring (bicyclic) bond motifs is 2. The topological polar surface area (TPSA) is 113 Å². The Bertz CT molecular complexity index is 1000. The largest absolute Gasteiger partial charge is 0.365 e. The highest BCUT2D eigenvalue weighted by molar-refractivity contribution is 7.17. The molecule has 3 N–H and O–H groups in total. The molecule has 2 aromatic rings. The first-order valence-corrected chi connectivity index (χ1v) is 9.56. The zero-order valence-corrected chi connectivity index (χ0v) is 17.2. The van der Waals surface area contributed by atoms with E-state index in [4.69, 9.17) is 5.73 Å². The van der Waals surface area contributed by atoms with Crippen molar-refractivity contribution in [2.75, 3.05) is 25.5 Å². The highest BCUT2D eigenvalue weighted by atomic mass is 35.5. The van der Waals surface area contributed by atoms with Crippen molar-refractivity contribution >= 4 is 52.4 Å². The lowest BCUT2D eigenvalue weighted by atomic mass is 10.0. The van der Waals surface area contributed by atoms with Crippen molar-refractivity contribution in [2.24, 2.45) is 5.73 Å².